The summed E-state index contributed by atoms with van der Waals surface area (Å²) in [6.45, 7) is 5.17. The summed E-state index contributed by atoms with van der Waals surface area (Å²) in [7, 11) is 2.17. The van der Waals surface area contributed by atoms with Gasteiger partial charge in [0.05, 0.1) is 0 Å². The monoisotopic (exact) mass is 239 g/mol. The minimum atomic E-state index is 0.336. The molecule has 2 aliphatic rings. The summed E-state index contributed by atoms with van der Waals surface area (Å²) in [5, 5.41) is 3.52. The third-order valence-corrected chi connectivity index (χ3v) is 3.95. The summed E-state index contributed by atoms with van der Waals surface area (Å²) in [6.07, 6.45) is 5.48. The van der Waals surface area contributed by atoms with Gasteiger partial charge in [0.1, 0.15) is 0 Å². The van der Waals surface area contributed by atoms with E-state index in [-0.39, 0.29) is 0 Å². The van der Waals surface area contributed by atoms with Gasteiger partial charge in [-0.25, -0.2) is 0 Å². The lowest BCUT2D eigenvalue weighted by atomic mass is 10.1. The molecule has 0 aromatic rings. The van der Waals surface area contributed by atoms with Crippen LogP contribution in [0.15, 0.2) is 0 Å². The molecule has 0 atom stereocenters. The Kier molecular flexibility index (Phi) is 4.80. The normalized spacial score (nSPS) is 23.2. The van der Waals surface area contributed by atoms with Crippen molar-refractivity contribution in [3.8, 4) is 0 Å². The lowest BCUT2D eigenvalue weighted by Gasteiger charge is -2.29. The number of nitrogens with zero attached hydrogens (tertiary/aromatic N) is 2. The quantitative estimate of drug-likeness (QED) is 0.784. The van der Waals surface area contributed by atoms with E-state index in [9.17, 15) is 4.79 Å². The highest BCUT2D eigenvalue weighted by Gasteiger charge is 2.19. The molecule has 4 nitrogen and oxygen atoms in total. The first kappa shape index (κ1) is 12.8. The minimum absolute atomic E-state index is 0.336. The third-order valence-electron chi connectivity index (χ3n) is 3.95. The van der Waals surface area contributed by atoms with Crippen LogP contribution in [0.1, 0.15) is 32.1 Å². The van der Waals surface area contributed by atoms with Crippen molar-refractivity contribution in [3.05, 3.63) is 0 Å². The van der Waals surface area contributed by atoms with Gasteiger partial charge in [-0.05, 0) is 45.8 Å². The Morgan fingerprint density at radius 2 is 1.82 bits per heavy atom. The second-order valence-corrected chi connectivity index (χ2v) is 5.37. The second-order valence-electron chi connectivity index (χ2n) is 5.37. The molecule has 2 heterocycles. The van der Waals surface area contributed by atoms with Gasteiger partial charge in [-0.15, -0.1) is 0 Å². The maximum absolute atomic E-state index is 11.8. The summed E-state index contributed by atoms with van der Waals surface area (Å²) in [4.78, 5) is 16.2. The maximum atomic E-state index is 11.8. The third kappa shape index (κ3) is 3.96. The van der Waals surface area contributed by atoms with Crippen LogP contribution in [0.3, 0.4) is 0 Å². The van der Waals surface area contributed by atoms with Crippen LogP contribution in [-0.4, -0.2) is 61.5 Å². The van der Waals surface area contributed by atoms with E-state index in [1.54, 1.807) is 0 Å². The lowest BCUT2D eigenvalue weighted by molar-refractivity contribution is -0.130. The number of rotatable bonds is 4. The number of likely N-dealkylation sites (tertiary alicyclic amines) is 2. The van der Waals surface area contributed by atoms with Crippen molar-refractivity contribution in [2.45, 2.75) is 38.1 Å². The first-order valence-electron chi connectivity index (χ1n) is 6.95. The fraction of sp³-hybridized carbons (Fsp3) is 0.923. The van der Waals surface area contributed by atoms with Crippen molar-refractivity contribution in [3.63, 3.8) is 0 Å². The molecule has 0 bridgehead atoms. The van der Waals surface area contributed by atoms with Gasteiger partial charge in [0.2, 0.25) is 5.91 Å². The molecule has 0 saturated carbocycles. The van der Waals surface area contributed by atoms with Crippen LogP contribution >= 0.6 is 0 Å². The molecule has 1 amide bonds. The average Bonchev–Trinajstić information content (AvgIpc) is 2.85. The predicted octanol–water partition coefficient (Wildman–Crippen LogP) is 0.683. The van der Waals surface area contributed by atoms with Crippen molar-refractivity contribution in [1.82, 2.24) is 15.1 Å². The van der Waals surface area contributed by atoms with Crippen LogP contribution in [-0.2, 0) is 4.79 Å². The molecule has 0 aliphatic carbocycles. The van der Waals surface area contributed by atoms with Crippen molar-refractivity contribution in [1.29, 1.82) is 0 Å². The molecule has 0 aromatic heterocycles. The molecule has 0 aromatic carbocycles. The van der Waals surface area contributed by atoms with Gasteiger partial charge in [0, 0.05) is 32.1 Å². The molecule has 17 heavy (non-hydrogen) atoms. The zero-order valence-corrected chi connectivity index (χ0v) is 11.0. The first-order chi connectivity index (χ1) is 8.25. The standard InChI is InChI=1S/C13H25N3O/c1-15-10-5-12(6-11-15)14-7-4-13(17)16-8-2-3-9-16/h12,14H,2-11H2,1H3. The molecule has 0 radical (unpaired) electrons. The fourth-order valence-electron chi connectivity index (χ4n) is 2.72. The highest BCUT2D eigenvalue weighted by molar-refractivity contribution is 5.76. The summed E-state index contributed by atoms with van der Waals surface area (Å²) in [5.41, 5.74) is 0. The van der Waals surface area contributed by atoms with Crippen molar-refractivity contribution >= 4 is 5.91 Å². The van der Waals surface area contributed by atoms with E-state index in [1.807, 2.05) is 4.90 Å². The molecule has 2 aliphatic heterocycles. The predicted molar refractivity (Wildman–Crippen MR) is 69.0 cm³/mol. The van der Waals surface area contributed by atoms with Gasteiger partial charge in [0.15, 0.2) is 0 Å². The lowest BCUT2D eigenvalue weighted by Crippen LogP contribution is -2.42. The average molecular weight is 239 g/mol. The van der Waals surface area contributed by atoms with E-state index >= 15 is 0 Å². The zero-order chi connectivity index (χ0) is 12.1. The van der Waals surface area contributed by atoms with E-state index in [2.05, 4.69) is 17.3 Å². The van der Waals surface area contributed by atoms with Crippen LogP contribution in [0.5, 0.6) is 0 Å². The van der Waals surface area contributed by atoms with Gasteiger partial charge >= 0.3 is 0 Å². The SMILES string of the molecule is CN1CCC(NCCC(=O)N2CCCC2)CC1. The van der Waals surface area contributed by atoms with Gasteiger partial charge in [-0.2, -0.15) is 0 Å². The Balaban J connectivity index is 1.57. The maximum Gasteiger partial charge on any atom is 0.223 e. The second kappa shape index (κ2) is 6.36. The van der Waals surface area contributed by atoms with E-state index < -0.39 is 0 Å². The summed E-state index contributed by atoms with van der Waals surface area (Å²) in [6, 6.07) is 0.623. The van der Waals surface area contributed by atoms with Crippen molar-refractivity contribution in [2.24, 2.45) is 0 Å². The number of hydrogen-bond acceptors (Lipinski definition) is 3. The van der Waals surface area contributed by atoms with E-state index in [0.29, 0.717) is 18.4 Å². The van der Waals surface area contributed by atoms with Crippen LogP contribution in [0, 0.1) is 0 Å². The Bertz CT molecular complexity index is 243. The summed E-state index contributed by atoms with van der Waals surface area (Å²) in [5.74, 6) is 0.336. The molecule has 0 unspecified atom stereocenters. The van der Waals surface area contributed by atoms with E-state index in [1.165, 1.54) is 38.8 Å². The first-order valence-corrected chi connectivity index (χ1v) is 6.95. The molecular weight excluding hydrogens is 214 g/mol. The van der Waals surface area contributed by atoms with Gasteiger partial charge < -0.3 is 15.1 Å². The largest absolute Gasteiger partial charge is 0.343 e. The van der Waals surface area contributed by atoms with E-state index in [0.717, 1.165) is 19.6 Å². The van der Waals surface area contributed by atoms with Crippen molar-refractivity contribution < 1.29 is 4.79 Å². The van der Waals surface area contributed by atoms with Crippen molar-refractivity contribution in [2.75, 3.05) is 39.8 Å². The van der Waals surface area contributed by atoms with Crippen LogP contribution in [0.25, 0.3) is 0 Å². The molecule has 4 heteroatoms. The van der Waals surface area contributed by atoms with Crippen LogP contribution in [0.2, 0.25) is 0 Å². The summed E-state index contributed by atoms with van der Waals surface area (Å²) >= 11 is 0. The summed E-state index contributed by atoms with van der Waals surface area (Å²) < 4.78 is 0. The Morgan fingerprint density at radius 1 is 1.18 bits per heavy atom. The van der Waals surface area contributed by atoms with Gasteiger partial charge in [0.25, 0.3) is 0 Å². The van der Waals surface area contributed by atoms with Gasteiger partial charge in [-0.3, -0.25) is 4.79 Å². The number of nitrogens with one attached hydrogen (secondary N) is 1. The fourth-order valence-corrected chi connectivity index (χ4v) is 2.72. The molecule has 0 spiro atoms. The highest BCUT2D eigenvalue weighted by atomic mass is 16.2. The molecule has 1 N–H and O–H groups in total. The highest BCUT2D eigenvalue weighted by Crippen LogP contribution is 2.10. The molecule has 98 valence electrons. The Hall–Kier alpha value is -0.610. The molecule has 2 saturated heterocycles. The number of carbonyl (C=O) groups is 1. The van der Waals surface area contributed by atoms with Crippen LogP contribution in [0.4, 0.5) is 0 Å². The minimum Gasteiger partial charge on any atom is -0.343 e. The smallest absolute Gasteiger partial charge is 0.223 e. The number of carbonyl (C=O) groups excluding carboxylic acids is 1. The Labute approximate surface area is 104 Å². The molecule has 2 rings (SSSR count). The number of hydrogen-bond donors (Lipinski definition) is 1. The molecule has 2 fully saturated rings. The Morgan fingerprint density at radius 3 is 2.47 bits per heavy atom. The zero-order valence-electron chi connectivity index (χ0n) is 11.0. The van der Waals surface area contributed by atoms with E-state index in [4.69, 9.17) is 0 Å². The molecular formula is C13H25N3O. The van der Waals surface area contributed by atoms with Gasteiger partial charge in [-0.1, -0.05) is 0 Å². The topological polar surface area (TPSA) is 35.6 Å². The number of amides is 1. The van der Waals surface area contributed by atoms with Crippen LogP contribution < -0.4 is 5.32 Å². The number of piperidine rings is 1.